The number of hydrogen-bond donors (Lipinski definition) is 1. The summed E-state index contributed by atoms with van der Waals surface area (Å²) in [5.74, 6) is 0.793. The van der Waals surface area contributed by atoms with Crippen molar-refractivity contribution in [1.82, 2.24) is 9.78 Å². The van der Waals surface area contributed by atoms with Gasteiger partial charge in [-0.3, -0.25) is 9.69 Å². The molecule has 0 bridgehead atoms. The van der Waals surface area contributed by atoms with Gasteiger partial charge in [0.1, 0.15) is 5.82 Å². The molecule has 1 aromatic heterocycles. The average Bonchev–Trinajstić information content (AvgIpc) is 2.85. The van der Waals surface area contributed by atoms with Gasteiger partial charge in [0, 0.05) is 25.1 Å². The van der Waals surface area contributed by atoms with E-state index in [2.05, 4.69) is 31.2 Å². The molecular weight excluding hydrogens is 252 g/mol. The number of nitrogens with two attached hydrogens (primary N) is 1. The Morgan fingerprint density at radius 1 is 1.45 bits per heavy atom. The monoisotopic (exact) mass is 272 g/mol. The van der Waals surface area contributed by atoms with Crippen LogP contribution in [0.3, 0.4) is 0 Å². The smallest absolute Gasteiger partial charge is 0.244 e. The van der Waals surface area contributed by atoms with Gasteiger partial charge in [-0.15, -0.1) is 0 Å². The van der Waals surface area contributed by atoms with E-state index in [1.54, 1.807) is 11.9 Å². The molecule has 106 valence electrons. The zero-order valence-electron chi connectivity index (χ0n) is 11.9. The predicted molar refractivity (Wildman–Crippen MR) is 78.5 cm³/mol. The maximum absolute atomic E-state index is 12.1. The highest BCUT2D eigenvalue weighted by molar-refractivity contribution is 5.96. The van der Waals surface area contributed by atoms with Crippen LogP contribution >= 0.6 is 0 Å². The molecule has 2 atom stereocenters. The Balaban J connectivity index is 1.99. The van der Waals surface area contributed by atoms with Gasteiger partial charge < -0.3 is 5.73 Å². The van der Waals surface area contributed by atoms with Crippen LogP contribution in [0.25, 0.3) is 0 Å². The summed E-state index contributed by atoms with van der Waals surface area (Å²) in [6, 6.07) is 1.58. The highest BCUT2D eigenvalue weighted by atomic mass is 16.2. The topological polar surface area (TPSA) is 64.2 Å². The number of allylic oxidation sites excluding steroid dienone is 4. The number of carbonyl (C=O) groups excluding carboxylic acids is 1. The minimum absolute atomic E-state index is 0.0422. The molecule has 1 aliphatic carbocycles. The number of aromatic nitrogens is 2. The third-order valence-corrected chi connectivity index (χ3v) is 4.24. The molecule has 0 spiro atoms. The van der Waals surface area contributed by atoms with E-state index >= 15 is 0 Å². The molecule has 0 fully saturated rings. The second-order valence-corrected chi connectivity index (χ2v) is 5.81. The molecule has 2 heterocycles. The molecule has 0 aromatic carbocycles. The van der Waals surface area contributed by atoms with Crippen molar-refractivity contribution in [2.24, 2.45) is 5.73 Å². The number of amides is 1. The lowest BCUT2D eigenvalue weighted by Gasteiger charge is -2.24. The third kappa shape index (κ3) is 1.98. The van der Waals surface area contributed by atoms with Crippen molar-refractivity contribution < 1.29 is 4.79 Å². The Bertz CT molecular complexity index is 601. The lowest BCUT2D eigenvalue weighted by molar-refractivity contribution is -0.119. The Labute approximate surface area is 118 Å². The summed E-state index contributed by atoms with van der Waals surface area (Å²) in [5, 5.41) is 4.71. The van der Waals surface area contributed by atoms with E-state index in [-0.39, 0.29) is 11.3 Å². The molecule has 1 aliphatic heterocycles. The highest BCUT2D eigenvalue weighted by Gasteiger charge is 2.32. The number of hydrogen-bond acceptors (Lipinski definition) is 3. The number of fused-ring (bicyclic) bond motifs is 1. The fraction of sp³-hybridized carbons (Fsp3) is 0.467. The SMILES string of the molecule is CN1C(=O)C(N)CCn2nc(C3(C)C=CC=CC3)cc21. The largest absolute Gasteiger partial charge is 0.320 e. The van der Waals surface area contributed by atoms with Gasteiger partial charge in [0.15, 0.2) is 0 Å². The fourth-order valence-corrected chi connectivity index (χ4v) is 2.78. The van der Waals surface area contributed by atoms with Crippen molar-refractivity contribution in [2.75, 3.05) is 11.9 Å². The van der Waals surface area contributed by atoms with Crippen LogP contribution in [0.4, 0.5) is 5.82 Å². The Kier molecular flexibility index (Phi) is 3.01. The molecule has 2 unspecified atom stereocenters. The first kappa shape index (κ1) is 13.1. The quantitative estimate of drug-likeness (QED) is 0.839. The molecule has 20 heavy (non-hydrogen) atoms. The van der Waals surface area contributed by atoms with Crippen LogP contribution < -0.4 is 10.6 Å². The molecule has 0 saturated heterocycles. The zero-order valence-corrected chi connectivity index (χ0v) is 11.9. The molecule has 5 nitrogen and oxygen atoms in total. The fourth-order valence-electron chi connectivity index (χ4n) is 2.78. The summed E-state index contributed by atoms with van der Waals surface area (Å²) in [7, 11) is 1.77. The highest BCUT2D eigenvalue weighted by Crippen LogP contribution is 2.34. The van der Waals surface area contributed by atoms with Crippen molar-refractivity contribution in [3.63, 3.8) is 0 Å². The van der Waals surface area contributed by atoms with E-state index in [9.17, 15) is 4.79 Å². The van der Waals surface area contributed by atoms with Gasteiger partial charge in [0.05, 0.1) is 11.7 Å². The summed E-state index contributed by atoms with van der Waals surface area (Å²) in [6.07, 6.45) is 9.98. The first-order valence-corrected chi connectivity index (χ1v) is 6.97. The maximum atomic E-state index is 12.1. The number of rotatable bonds is 1. The molecule has 1 amide bonds. The van der Waals surface area contributed by atoms with E-state index in [4.69, 9.17) is 10.8 Å². The normalized spacial score (nSPS) is 29.4. The van der Waals surface area contributed by atoms with Crippen molar-refractivity contribution in [3.8, 4) is 0 Å². The first-order valence-electron chi connectivity index (χ1n) is 6.97. The van der Waals surface area contributed by atoms with Gasteiger partial charge in [0.25, 0.3) is 0 Å². The summed E-state index contributed by atoms with van der Waals surface area (Å²) in [5.41, 5.74) is 6.77. The van der Waals surface area contributed by atoms with Gasteiger partial charge in [-0.1, -0.05) is 31.2 Å². The molecular formula is C15H20N4O. The number of likely N-dealkylation sites (N-methyl/N-ethyl adjacent to an activating group) is 1. The lowest BCUT2D eigenvalue weighted by Crippen LogP contribution is -2.40. The Morgan fingerprint density at radius 3 is 2.95 bits per heavy atom. The van der Waals surface area contributed by atoms with E-state index in [1.165, 1.54) is 0 Å². The predicted octanol–water partition coefficient (Wildman–Crippen LogP) is 1.35. The van der Waals surface area contributed by atoms with Crippen molar-refractivity contribution in [2.45, 2.75) is 37.8 Å². The summed E-state index contributed by atoms with van der Waals surface area (Å²) in [6.45, 7) is 2.85. The summed E-state index contributed by atoms with van der Waals surface area (Å²) in [4.78, 5) is 13.7. The number of anilines is 1. The number of aryl methyl sites for hydroxylation is 1. The zero-order chi connectivity index (χ0) is 14.3. The summed E-state index contributed by atoms with van der Waals surface area (Å²) >= 11 is 0. The first-order chi connectivity index (χ1) is 9.51. The van der Waals surface area contributed by atoms with Gasteiger partial charge >= 0.3 is 0 Å². The van der Waals surface area contributed by atoms with Crippen LogP contribution in [0.2, 0.25) is 0 Å². The molecule has 0 radical (unpaired) electrons. The molecule has 2 N–H and O–H groups in total. The Hall–Kier alpha value is -1.88. The van der Waals surface area contributed by atoms with Gasteiger partial charge in [-0.05, 0) is 12.8 Å². The molecule has 2 aliphatic rings. The van der Waals surface area contributed by atoms with Crippen LogP contribution in [0, 0.1) is 0 Å². The standard InChI is InChI=1S/C15H20N4O/c1-15(7-4-3-5-8-15)12-10-13-18(2)14(20)11(16)6-9-19(13)17-12/h3-5,7,10-11H,6,8-9,16H2,1-2H3. The van der Waals surface area contributed by atoms with Crippen molar-refractivity contribution in [3.05, 3.63) is 36.1 Å². The second kappa shape index (κ2) is 4.59. The van der Waals surface area contributed by atoms with Gasteiger partial charge in [-0.2, -0.15) is 5.10 Å². The summed E-state index contributed by atoms with van der Waals surface area (Å²) < 4.78 is 1.90. The van der Waals surface area contributed by atoms with E-state index < -0.39 is 6.04 Å². The van der Waals surface area contributed by atoms with Crippen LogP contribution in [0.5, 0.6) is 0 Å². The van der Waals surface area contributed by atoms with Crippen LogP contribution in [-0.2, 0) is 16.8 Å². The van der Waals surface area contributed by atoms with Crippen LogP contribution in [0.15, 0.2) is 30.4 Å². The molecule has 0 saturated carbocycles. The van der Waals surface area contributed by atoms with Crippen molar-refractivity contribution in [1.29, 1.82) is 0 Å². The van der Waals surface area contributed by atoms with E-state index in [0.29, 0.717) is 13.0 Å². The van der Waals surface area contributed by atoms with Crippen LogP contribution in [-0.4, -0.2) is 28.8 Å². The second-order valence-electron chi connectivity index (χ2n) is 5.81. The Morgan fingerprint density at radius 2 is 2.25 bits per heavy atom. The van der Waals surface area contributed by atoms with E-state index in [1.807, 2.05) is 10.7 Å². The maximum Gasteiger partial charge on any atom is 0.244 e. The molecule has 1 aromatic rings. The van der Waals surface area contributed by atoms with Gasteiger partial charge in [-0.25, -0.2) is 4.68 Å². The number of carbonyl (C=O) groups is 1. The lowest BCUT2D eigenvalue weighted by atomic mass is 9.81. The minimum Gasteiger partial charge on any atom is -0.320 e. The molecule has 5 heteroatoms. The van der Waals surface area contributed by atoms with Gasteiger partial charge in [0.2, 0.25) is 5.91 Å². The average molecular weight is 272 g/mol. The van der Waals surface area contributed by atoms with Crippen molar-refractivity contribution >= 4 is 11.7 Å². The van der Waals surface area contributed by atoms with E-state index in [0.717, 1.165) is 17.9 Å². The third-order valence-electron chi connectivity index (χ3n) is 4.24. The minimum atomic E-state index is -0.432. The number of nitrogens with zero attached hydrogens (tertiary/aromatic N) is 3. The molecule has 3 rings (SSSR count). The van der Waals surface area contributed by atoms with Crippen LogP contribution in [0.1, 0.15) is 25.5 Å².